The van der Waals surface area contributed by atoms with Crippen LogP contribution in [0.2, 0.25) is 0 Å². The molecule has 3 N–H and O–H groups in total. The lowest BCUT2D eigenvalue weighted by atomic mass is 10.3. The van der Waals surface area contributed by atoms with E-state index in [0.717, 1.165) is 0 Å². The maximum Gasteiger partial charge on any atom is 0.330 e. The molecule has 23 heavy (non-hydrogen) atoms. The van der Waals surface area contributed by atoms with Crippen molar-refractivity contribution in [3.63, 3.8) is 0 Å². The van der Waals surface area contributed by atoms with Gasteiger partial charge in [-0.2, -0.15) is 0 Å². The van der Waals surface area contributed by atoms with Crippen molar-refractivity contribution in [2.75, 3.05) is 0 Å². The molecule has 0 aromatic carbocycles. The summed E-state index contributed by atoms with van der Waals surface area (Å²) in [7, 11) is 0. The molecule has 0 aliphatic carbocycles. The van der Waals surface area contributed by atoms with E-state index >= 15 is 0 Å². The maximum absolute atomic E-state index is 9.60. The van der Waals surface area contributed by atoms with E-state index in [9.17, 15) is 14.4 Å². The lowest BCUT2D eigenvalue weighted by molar-refractivity contribution is -0.133. The molecule has 0 saturated heterocycles. The molecule has 0 aliphatic rings. The van der Waals surface area contributed by atoms with E-state index in [4.69, 9.17) is 15.3 Å². The molecule has 0 aromatic rings. The van der Waals surface area contributed by atoms with Gasteiger partial charge in [0.1, 0.15) is 0 Å². The van der Waals surface area contributed by atoms with E-state index in [2.05, 4.69) is 39.7 Å². The Labute approximate surface area is 138 Å². The first kappa shape index (κ1) is 28.5. The van der Waals surface area contributed by atoms with Crippen LogP contribution in [0.5, 0.6) is 0 Å². The van der Waals surface area contributed by atoms with Gasteiger partial charge in [-0.3, -0.25) is 0 Å². The van der Waals surface area contributed by atoms with Crippen LogP contribution < -0.4 is 0 Å². The van der Waals surface area contributed by atoms with Gasteiger partial charge in [0.25, 0.3) is 0 Å². The molecule has 0 atom stereocenters. The first-order chi connectivity index (χ1) is 10.2. The third kappa shape index (κ3) is 45.2. The number of rotatable bonds is 3. The van der Waals surface area contributed by atoms with Gasteiger partial charge in [-0.25, -0.2) is 14.4 Å². The minimum absolute atomic E-state index is 0.176. The zero-order chi connectivity index (χ0) is 19.7. The molecule has 0 saturated carbocycles. The largest absolute Gasteiger partial charge is 0.478 e. The Balaban J connectivity index is -0.000000105. The molecule has 0 unspecified atom stereocenters. The van der Waals surface area contributed by atoms with E-state index in [0.29, 0.717) is 0 Å². The minimum Gasteiger partial charge on any atom is -0.478 e. The third-order valence-electron chi connectivity index (χ3n) is 1.67. The summed E-state index contributed by atoms with van der Waals surface area (Å²) in [6, 6.07) is 0. The number of carboxylic acid groups (broad SMARTS) is 3. The molecule has 0 aromatic heterocycles. The fourth-order valence-electron chi connectivity index (χ4n) is 0. The van der Waals surface area contributed by atoms with E-state index < -0.39 is 17.9 Å². The predicted molar refractivity (Wildman–Crippen MR) is 92.5 cm³/mol. The van der Waals surface area contributed by atoms with E-state index in [1.165, 1.54) is 26.3 Å². The van der Waals surface area contributed by atoms with Crippen molar-refractivity contribution in [3.05, 3.63) is 48.1 Å². The Morgan fingerprint density at radius 1 is 0.652 bits per heavy atom. The summed E-state index contributed by atoms with van der Waals surface area (Å²) in [5, 5.41) is 23.7. The summed E-state index contributed by atoms with van der Waals surface area (Å²) in [5.74, 6) is -2.81. The predicted octanol–water partition coefficient (Wildman–Crippen LogP) is 3.91. The van der Waals surface area contributed by atoms with Crippen molar-refractivity contribution in [1.82, 2.24) is 0 Å². The second-order valence-electron chi connectivity index (χ2n) is 4.62. The number of carboxylic acids is 3. The van der Waals surface area contributed by atoms with Crippen LogP contribution >= 0.6 is 0 Å². The second-order valence-corrected chi connectivity index (χ2v) is 4.62. The number of aliphatic carboxylic acids is 3. The van der Waals surface area contributed by atoms with Crippen LogP contribution in [0, 0.1) is 0 Å². The van der Waals surface area contributed by atoms with Gasteiger partial charge < -0.3 is 15.3 Å². The summed E-state index contributed by atoms with van der Waals surface area (Å²) in [6.45, 7) is 20.0. The van der Waals surface area contributed by atoms with E-state index in [1.807, 2.05) is 6.92 Å². The highest BCUT2D eigenvalue weighted by Gasteiger charge is 1.91. The number of hydrogen-bond donors (Lipinski definition) is 3. The van der Waals surface area contributed by atoms with Gasteiger partial charge in [0.2, 0.25) is 0 Å². The molecule has 0 spiro atoms. The molecule has 0 radical (unpaired) electrons. The summed E-state index contributed by atoms with van der Waals surface area (Å²) < 4.78 is 0. The Morgan fingerprint density at radius 2 is 0.739 bits per heavy atom. The Morgan fingerprint density at radius 3 is 0.739 bits per heavy atom. The molecule has 0 rings (SSSR count). The summed E-state index contributed by atoms with van der Waals surface area (Å²) in [5.41, 5.74) is 1.91. The van der Waals surface area contributed by atoms with Crippen LogP contribution in [-0.4, -0.2) is 33.2 Å². The van der Waals surface area contributed by atoms with Crippen molar-refractivity contribution in [1.29, 1.82) is 0 Å². The van der Waals surface area contributed by atoms with Gasteiger partial charge in [0.05, 0.1) is 0 Å². The average Bonchev–Trinajstić information content (AvgIpc) is 2.40. The highest BCUT2D eigenvalue weighted by molar-refractivity contribution is 5.85. The molecule has 132 valence electrons. The van der Waals surface area contributed by atoms with Crippen LogP contribution in [0.4, 0.5) is 0 Å². The molecule has 0 fully saturated rings. The molecular weight excluding hydrogens is 300 g/mol. The number of carbonyl (C=O) groups is 3. The van der Waals surface area contributed by atoms with Crippen molar-refractivity contribution in [3.8, 4) is 0 Å². The minimum atomic E-state index is -0.935. The van der Waals surface area contributed by atoms with Crippen molar-refractivity contribution in [2.24, 2.45) is 0 Å². The lowest BCUT2D eigenvalue weighted by Gasteiger charge is -1.79. The van der Waals surface area contributed by atoms with Gasteiger partial charge >= 0.3 is 17.9 Å². The quantitative estimate of drug-likeness (QED) is 0.535. The molecule has 0 amide bonds. The van der Waals surface area contributed by atoms with Crippen LogP contribution in [0.3, 0.4) is 0 Å². The average molecular weight is 328 g/mol. The molecule has 0 bridgehead atoms. The first-order valence-electron chi connectivity index (χ1n) is 6.46. The fourth-order valence-corrected chi connectivity index (χ4v) is 0. The van der Waals surface area contributed by atoms with Crippen LogP contribution in [0.1, 0.15) is 41.5 Å². The molecular formula is C17H28O6. The van der Waals surface area contributed by atoms with Crippen LogP contribution in [0.25, 0.3) is 0 Å². The number of allylic oxidation sites excluding steroid dienone is 2. The van der Waals surface area contributed by atoms with Crippen LogP contribution in [0.15, 0.2) is 48.1 Å². The van der Waals surface area contributed by atoms with Gasteiger partial charge in [0, 0.05) is 16.7 Å². The van der Waals surface area contributed by atoms with Crippen molar-refractivity contribution >= 4 is 17.9 Å². The standard InChI is InChI=1S/C5H10.3C4H6O2/c1-4-5(2)3;3*1-3(2)4(5)6/h4H,1-3H3;3*1H2,2H3,(H,5,6). The lowest BCUT2D eigenvalue weighted by Crippen LogP contribution is -1.92. The molecule has 6 heteroatoms. The molecule has 0 aliphatic heterocycles. The van der Waals surface area contributed by atoms with E-state index in [1.54, 1.807) is 0 Å². The number of hydrogen-bond acceptors (Lipinski definition) is 3. The van der Waals surface area contributed by atoms with Crippen molar-refractivity contribution < 1.29 is 29.7 Å². The SMILES string of the molecule is C=C(C)C(=O)O.C=C(C)C(=O)O.C=C(C)C(=O)O.CC=C(C)C. The summed E-state index contributed by atoms with van der Waals surface area (Å²) in [6.07, 6.45) is 2.08. The Hall–Kier alpha value is -2.63. The van der Waals surface area contributed by atoms with E-state index in [-0.39, 0.29) is 16.7 Å². The first-order valence-corrected chi connectivity index (χ1v) is 6.46. The summed E-state index contributed by atoms with van der Waals surface area (Å²) in [4.78, 5) is 28.8. The smallest absolute Gasteiger partial charge is 0.330 e. The Kier molecular flexibility index (Phi) is 21.6. The third-order valence-corrected chi connectivity index (χ3v) is 1.67. The van der Waals surface area contributed by atoms with Gasteiger partial charge in [0.15, 0.2) is 0 Å². The highest BCUT2D eigenvalue weighted by atomic mass is 16.4. The fraction of sp³-hybridized carbons (Fsp3) is 0.353. The zero-order valence-corrected chi connectivity index (χ0v) is 14.8. The second kappa shape index (κ2) is 17.4. The topological polar surface area (TPSA) is 112 Å². The molecule has 0 heterocycles. The van der Waals surface area contributed by atoms with Crippen molar-refractivity contribution in [2.45, 2.75) is 41.5 Å². The van der Waals surface area contributed by atoms with Gasteiger partial charge in [-0.1, -0.05) is 31.4 Å². The van der Waals surface area contributed by atoms with Crippen LogP contribution in [-0.2, 0) is 14.4 Å². The highest BCUT2D eigenvalue weighted by Crippen LogP contribution is 1.83. The zero-order valence-electron chi connectivity index (χ0n) is 14.8. The molecule has 6 nitrogen and oxygen atoms in total. The van der Waals surface area contributed by atoms with Gasteiger partial charge in [-0.05, 0) is 41.5 Å². The maximum atomic E-state index is 9.60. The monoisotopic (exact) mass is 328 g/mol. The van der Waals surface area contributed by atoms with Gasteiger partial charge in [-0.15, -0.1) is 0 Å². The normalized spacial score (nSPS) is 7.39. The Bertz CT molecular complexity index is 372. The summed E-state index contributed by atoms with van der Waals surface area (Å²) >= 11 is 0.